The molecule has 0 heterocycles. The Balaban J connectivity index is 0.00000281. The molecule has 0 radical (unpaired) electrons. The molecule has 2 rings (SSSR count). The number of aliphatic hydroxyl groups is 2. The summed E-state index contributed by atoms with van der Waals surface area (Å²) in [5, 5.41) is 20.0. The van der Waals surface area contributed by atoms with Crippen molar-refractivity contribution < 1.29 is 36.6 Å². The van der Waals surface area contributed by atoms with E-state index in [4.69, 9.17) is 0 Å². The molecule has 0 bridgehead atoms. The van der Waals surface area contributed by atoms with Gasteiger partial charge in [0.15, 0.2) is 0 Å². The van der Waals surface area contributed by atoms with Crippen LogP contribution in [0.15, 0.2) is 12.2 Å². The summed E-state index contributed by atoms with van der Waals surface area (Å²) >= 11 is 0. The standard InChI is InChI=1S/C24H38F6O2.C2H6/c1-16(2)8-5-12-20(3,13-7-15-22(32,23(25,26)27)24(28,29)30)19-11-10-17-18(31)9-6-14-21(17,19)4;1-2/h7,15-19,31-32H,5-6,8-14H2,1-4H3;1-2H3/b15-7+;/t17?,18-,19+,20+,21-;/m0./s1. The van der Waals surface area contributed by atoms with E-state index >= 15 is 0 Å². The molecule has 0 aliphatic heterocycles. The molecule has 0 saturated heterocycles. The van der Waals surface area contributed by atoms with Crippen LogP contribution in [0.25, 0.3) is 0 Å². The minimum absolute atomic E-state index is 0.0165. The Morgan fingerprint density at radius 2 is 1.56 bits per heavy atom. The van der Waals surface area contributed by atoms with E-state index in [0.29, 0.717) is 12.3 Å². The Bertz CT molecular complexity index is 643. The average Bonchev–Trinajstić information content (AvgIpc) is 3.06. The van der Waals surface area contributed by atoms with Gasteiger partial charge in [-0.25, -0.2) is 0 Å². The first-order chi connectivity index (χ1) is 15.5. The topological polar surface area (TPSA) is 40.5 Å². The second-order valence-corrected chi connectivity index (χ2v) is 11.0. The quantitative estimate of drug-likeness (QED) is 0.259. The molecule has 0 aromatic carbocycles. The molecule has 2 N–H and O–H groups in total. The lowest BCUT2D eigenvalue weighted by atomic mass is 9.56. The Morgan fingerprint density at radius 3 is 2.06 bits per heavy atom. The van der Waals surface area contributed by atoms with Gasteiger partial charge in [-0.15, -0.1) is 0 Å². The van der Waals surface area contributed by atoms with Crippen molar-refractivity contribution >= 4 is 0 Å². The highest BCUT2D eigenvalue weighted by atomic mass is 19.4. The van der Waals surface area contributed by atoms with Crippen molar-refractivity contribution in [1.29, 1.82) is 0 Å². The monoisotopic (exact) mass is 502 g/mol. The fourth-order valence-corrected chi connectivity index (χ4v) is 6.47. The first-order valence-corrected chi connectivity index (χ1v) is 12.7. The van der Waals surface area contributed by atoms with Crippen molar-refractivity contribution in [2.75, 3.05) is 0 Å². The van der Waals surface area contributed by atoms with Crippen LogP contribution in [-0.2, 0) is 0 Å². The third-order valence-corrected chi connectivity index (χ3v) is 8.27. The molecule has 2 nitrogen and oxygen atoms in total. The maximum atomic E-state index is 13.1. The molecule has 0 aromatic rings. The van der Waals surface area contributed by atoms with Crippen LogP contribution in [0.4, 0.5) is 26.3 Å². The number of aliphatic hydroxyl groups excluding tert-OH is 1. The van der Waals surface area contributed by atoms with E-state index in [9.17, 15) is 36.6 Å². The van der Waals surface area contributed by atoms with E-state index in [2.05, 4.69) is 20.8 Å². The Kier molecular flexibility index (Phi) is 10.6. The summed E-state index contributed by atoms with van der Waals surface area (Å²) in [6.45, 7) is 12.2. The SMILES string of the molecule is CC.CC(C)CCC[C@](C)(C/C=C/C(O)(C(F)(F)F)C(F)(F)F)[C@H]1CCC2[C@@H](O)CCC[C@@]21C. The van der Waals surface area contributed by atoms with Gasteiger partial charge >= 0.3 is 12.4 Å². The Labute approximate surface area is 201 Å². The van der Waals surface area contributed by atoms with Crippen LogP contribution in [0.5, 0.6) is 0 Å². The molecule has 1 unspecified atom stereocenters. The summed E-state index contributed by atoms with van der Waals surface area (Å²) in [5.74, 6) is 0.632. The third kappa shape index (κ3) is 6.51. The molecule has 0 spiro atoms. The molecule has 2 saturated carbocycles. The van der Waals surface area contributed by atoms with E-state index in [1.807, 2.05) is 20.8 Å². The predicted molar refractivity (Wildman–Crippen MR) is 123 cm³/mol. The molecule has 2 fully saturated rings. The second-order valence-electron chi connectivity index (χ2n) is 11.0. The van der Waals surface area contributed by atoms with Gasteiger partial charge in [0.2, 0.25) is 0 Å². The lowest BCUT2D eigenvalue weighted by Gasteiger charge is -2.50. The van der Waals surface area contributed by atoms with Gasteiger partial charge in [-0.05, 0) is 73.2 Å². The number of hydrogen-bond donors (Lipinski definition) is 2. The van der Waals surface area contributed by atoms with Gasteiger partial charge in [0.25, 0.3) is 5.60 Å². The summed E-state index contributed by atoms with van der Waals surface area (Å²) < 4.78 is 78.5. The molecule has 0 amide bonds. The number of alkyl halides is 6. The highest BCUT2D eigenvalue weighted by Gasteiger charge is 2.69. The molecular weight excluding hydrogens is 458 g/mol. The van der Waals surface area contributed by atoms with Gasteiger partial charge in [0.05, 0.1) is 6.10 Å². The first kappa shape index (κ1) is 31.3. The van der Waals surface area contributed by atoms with Gasteiger partial charge in [-0.1, -0.05) is 66.9 Å². The predicted octanol–water partition coefficient (Wildman–Crippen LogP) is 8.22. The minimum atomic E-state index is -5.85. The smallest absolute Gasteiger partial charge is 0.393 e. The number of fused-ring (bicyclic) bond motifs is 1. The highest BCUT2D eigenvalue weighted by Crippen LogP contribution is 2.62. The van der Waals surface area contributed by atoms with Gasteiger partial charge < -0.3 is 10.2 Å². The molecule has 5 atom stereocenters. The number of rotatable bonds is 8. The van der Waals surface area contributed by atoms with Crippen molar-refractivity contribution in [3.05, 3.63) is 12.2 Å². The highest BCUT2D eigenvalue weighted by molar-refractivity contribution is 5.13. The molecule has 0 aromatic heterocycles. The normalized spacial score (nSPS) is 30.1. The summed E-state index contributed by atoms with van der Waals surface area (Å²) in [6.07, 6.45) is -4.79. The molecule has 2 aliphatic carbocycles. The maximum Gasteiger partial charge on any atom is 0.429 e. The number of hydrogen-bond acceptors (Lipinski definition) is 2. The molecular formula is C26H44F6O2. The van der Waals surface area contributed by atoms with Gasteiger partial charge in [-0.3, -0.25) is 0 Å². The van der Waals surface area contributed by atoms with Gasteiger partial charge in [0.1, 0.15) is 0 Å². The van der Waals surface area contributed by atoms with Gasteiger partial charge in [-0.2, -0.15) is 26.3 Å². The average molecular weight is 503 g/mol. The van der Waals surface area contributed by atoms with Crippen LogP contribution in [-0.4, -0.2) is 34.3 Å². The largest absolute Gasteiger partial charge is 0.429 e. The number of halogens is 6. The fraction of sp³-hybridized carbons (Fsp3) is 0.923. The fourth-order valence-electron chi connectivity index (χ4n) is 6.47. The molecule has 34 heavy (non-hydrogen) atoms. The van der Waals surface area contributed by atoms with Gasteiger partial charge in [0, 0.05) is 0 Å². The third-order valence-electron chi connectivity index (χ3n) is 8.27. The van der Waals surface area contributed by atoms with Crippen molar-refractivity contribution in [1.82, 2.24) is 0 Å². The summed E-state index contributed by atoms with van der Waals surface area (Å²) in [7, 11) is 0. The number of allylic oxidation sites excluding steroid dienone is 1. The van der Waals surface area contributed by atoms with Crippen LogP contribution >= 0.6 is 0 Å². The van der Waals surface area contributed by atoms with E-state index in [-0.39, 0.29) is 29.7 Å². The van der Waals surface area contributed by atoms with Crippen molar-refractivity contribution in [3.63, 3.8) is 0 Å². The van der Waals surface area contributed by atoms with Crippen molar-refractivity contribution in [2.24, 2.45) is 28.6 Å². The first-order valence-electron chi connectivity index (χ1n) is 12.7. The lowest BCUT2D eigenvalue weighted by Crippen LogP contribution is -2.55. The summed E-state index contributed by atoms with van der Waals surface area (Å²) in [6, 6.07) is 0. The Morgan fingerprint density at radius 1 is 1.00 bits per heavy atom. The van der Waals surface area contributed by atoms with Crippen LogP contribution in [0.3, 0.4) is 0 Å². The maximum absolute atomic E-state index is 13.1. The van der Waals surface area contributed by atoms with Crippen molar-refractivity contribution in [3.8, 4) is 0 Å². The van der Waals surface area contributed by atoms with Crippen LogP contribution < -0.4 is 0 Å². The van der Waals surface area contributed by atoms with Crippen LogP contribution in [0.1, 0.15) is 99.3 Å². The van der Waals surface area contributed by atoms with E-state index in [1.165, 1.54) is 0 Å². The van der Waals surface area contributed by atoms with E-state index < -0.39 is 29.5 Å². The van der Waals surface area contributed by atoms with Crippen LogP contribution in [0, 0.1) is 28.6 Å². The zero-order valence-corrected chi connectivity index (χ0v) is 21.5. The molecule has 202 valence electrons. The Hall–Kier alpha value is -0.760. The van der Waals surface area contributed by atoms with E-state index in [1.54, 1.807) is 0 Å². The molecule has 2 aliphatic rings. The van der Waals surface area contributed by atoms with E-state index in [0.717, 1.165) is 51.0 Å². The summed E-state index contributed by atoms with van der Waals surface area (Å²) in [4.78, 5) is 0. The zero-order chi connectivity index (χ0) is 26.6. The minimum Gasteiger partial charge on any atom is -0.393 e. The summed E-state index contributed by atoms with van der Waals surface area (Å²) in [5.41, 5.74) is -5.57. The molecule has 8 heteroatoms. The van der Waals surface area contributed by atoms with Crippen LogP contribution in [0.2, 0.25) is 0 Å². The zero-order valence-electron chi connectivity index (χ0n) is 21.5. The lowest BCUT2D eigenvalue weighted by molar-refractivity contribution is -0.347. The van der Waals surface area contributed by atoms with Crippen molar-refractivity contribution in [2.45, 2.75) is 123 Å². The second kappa shape index (κ2) is 11.5.